The molecule has 0 N–H and O–H groups in total. The molecule has 0 spiro atoms. The van der Waals surface area contributed by atoms with Crippen molar-refractivity contribution in [1.29, 1.82) is 0 Å². The van der Waals surface area contributed by atoms with E-state index >= 15 is 0 Å². The van der Waals surface area contributed by atoms with E-state index in [1.807, 2.05) is 6.92 Å². The number of hydrogen-bond donors (Lipinski definition) is 0. The SMILES string of the molecule is COC(=O)C1CC2CCN1CC2c1nc(C)no1. The maximum absolute atomic E-state index is 11.7. The molecule has 6 heteroatoms. The van der Waals surface area contributed by atoms with Crippen molar-refractivity contribution in [3.05, 3.63) is 11.7 Å². The van der Waals surface area contributed by atoms with E-state index in [4.69, 9.17) is 9.26 Å². The zero-order valence-electron chi connectivity index (χ0n) is 10.6. The van der Waals surface area contributed by atoms with Crippen LogP contribution in [-0.4, -0.2) is 47.3 Å². The van der Waals surface area contributed by atoms with Crippen LogP contribution in [0.5, 0.6) is 0 Å². The lowest BCUT2D eigenvalue weighted by Gasteiger charge is -2.47. The van der Waals surface area contributed by atoms with Gasteiger partial charge in [-0.25, -0.2) is 0 Å². The highest BCUT2D eigenvalue weighted by molar-refractivity contribution is 5.76. The zero-order valence-corrected chi connectivity index (χ0v) is 10.6. The summed E-state index contributed by atoms with van der Waals surface area (Å²) >= 11 is 0. The third kappa shape index (κ3) is 1.80. The molecule has 4 heterocycles. The Balaban J connectivity index is 1.78. The van der Waals surface area contributed by atoms with E-state index in [-0.39, 0.29) is 17.9 Å². The molecule has 3 fully saturated rings. The quantitative estimate of drug-likeness (QED) is 0.722. The summed E-state index contributed by atoms with van der Waals surface area (Å²) in [5.41, 5.74) is 0. The molecule has 0 aromatic carbocycles. The standard InChI is InChI=1S/C12H17N3O3/c1-7-13-11(18-14-7)9-6-15-4-3-8(9)5-10(15)12(16)17-2/h8-10H,3-6H2,1-2H3. The van der Waals surface area contributed by atoms with Crippen LogP contribution in [0.4, 0.5) is 0 Å². The van der Waals surface area contributed by atoms with E-state index < -0.39 is 0 Å². The Labute approximate surface area is 105 Å². The monoisotopic (exact) mass is 251 g/mol. The van der Waals surface area contributed by atoms with Gasteiger partial charge in [0.05, 0.1) is 13.0 Å². The first kappa shape index (κ1) is 11.6. The van der Waals surface area contributed by atoms with Crippen molar-refractivity contribution in [2.45, 2.75) is 31.7 Å². The number of hydrogen-bond acceptors (Lipinski definition) is 6. The van der Waals surface area contributed by atoms with Crippen LogP contribution in [0.1, 0.15) is 30.5 Å². The third-order valence-electron chi connectivity index (χ3n) is 4.09. The Bertz CT molecular complexity index is 459. The minimum Gasteiger partial charge on any atom is -0.468 e. The average molecular weight is 251 g/mol. The first-order valence-electron chi connectivity index (χ1n) is 6.31. The van der Waals surface area contributed by atoms with Crippen molar-refractivity contribution in [3.8, 4) is 0 Å². The molecule has 3 saturated heterocycles. The van der Waals surface area contributed by atoms with Crippen LogP contribution in [0.2, 0.25) is 0 Å². The smallest absolute Gasteiger partial charge is 0.323 e. The van der Waals surface area contributed by atoms with Crippen molar-refractivity contribution in [1.82, 2.24) is 15.0 Å². The van der Waals surface area contributed by atoms with Gasteiger partial charge in [-0.1, -0.05) is 5.16 Å². The fourth-order valence-corrected chi connectivity index (χ4v) is 3.15. The predicted molar refractivity (Wildman–Crippen MR) is 61.9 cm³/mol. The molecule has 0 saturated carbocycles. The molecule has 98 valence electrons. The topological polar surface area (TPSA) is 68.5 Å². The Morgan fingerprint density at radius 1 is 1.56 bits per heavy atom. The van der Waals surface area contributed by atoms with Gasteiger partial charge < -0.3 is 9.26 Å². The van der Waals surface area contributed by atoms with Gasteiger partial charge in [-0.3, -0.25) is 9.69 Å². The van der Waals surface area contributed by atoms with Crippen molar-refractivity contribution < 1.29 is 14.1 Å². The summed E-state index contributed by atoms with van der Waals surface area (Å²) in [5.74, 6) is 1.97. The van der Waals surface area contributed by atoms with Gasteiger partial charge in [0, 0.05) is 6.54 Å². The first-order chi connectivity index (χ1) is 8.69. The molecule has 0 aliphatic carbocycles. The minimum absolute atomic E-state index is 0.0889. The summed E-state index contributed by atoms with van der Waals surface area (Å²) in [6, 6.07) is -0.0889. The minimum atomic E-state index is -0.125. The van der Waals surface area contributed by atoms with E-state index in [2.05, 4.69) is 15.0 Å². The fraction of sp³-hybridized carbons (Fsp3) is 0.750. The number of carbonyl (C=O) groups excluding carboxylic acids is 1. The van der Waals surface area contributed by atoms with Gasteiger partial charge in [0.25, 0.3) is 0 Å². The summed E-state index contributed by atoms with van der Waals surface area (Å²) in [4.78, 5) is 18.2. The number of aryl methyl sites for hydroxylation is 1. The van der Waals surface area contributed by atoms with Crippen LogP contribution in [-0.2, 0) is 9.53 Å². The Hall–Kier alpha value is -1.43. The van der Waals surface area contributed by atoms with E-state index in [1.54, 1.807) is 0 Å². The normalized spacial score (nSPS) is 34.6. The van der Waals surface area contributed by atoms with Crippen LogP contribution in [0.3, 0.4) is 0 Å². The van der Waals surface area contributed by atoms with Gasteiger partial charge in [-0.2, -0.15) is 4.98 Å². The second-order valence-corrected chi connectivity index (χ2v) is 5.10. The molecule has 4 unspecified atom stereocenters. The van der Waals surface area contributed by atoms with Gasteiger partial charge in [0.2, 0.25) is 5.89 Å². The van der Waals surface area contributed by atoms with Gasteiger partial charge in [-0.05, 0) is 32.2 Å². The highest BCUT2D eigenvalue weighted by Crippen LogP contribution is 2.41. The molecule has 3 aliphatic heterocycles. The number of ether oxygens (including phenoxy) is 1. The zero-order chi connectivity index (χ0) is 12.7. The first-order valence-corrected chi connectivity index (χ1v) is 6.31. The number of esters is 1. The lowest BCUT2D eigenvalue weighted by Crippen LogP contribution is -2.55. The second-order valence-electron chi connectivity index (χ2n) is 5.10. The summed E-state index contributed by atoms with van der Waals surface area (Å²) in [6.07, 6.45) is 1.92. The molecule has 4 atom stereocenters. The van der Waals surface area contributed by atoms with Gasteiger partial charge in [0.15, 0.2) is 5.82 Å². The molecule has 0 amide bonds. The van der Waals surface area contributed by atoms with Crippen LogP contribution >= 0.6 is 0 Å². The summed E-state index contributed by atoms with van der Waals surface area (Å²) < 4.78 is 10.1. The van der Waals surface area contributed by atoms with Crippen molar-refractivity contribution in [2.24, 2.45) is 5.92 Å². The molecule has 2 bridgehead atoms. The van der Waals surface area contributed by atoms with Crippen molar-refractivity contribution >= 4 is 5.97 Å². The van der Waals surface area contributed by atoms with E-state index in [0.717, 1.165) is 25.9 Å². The maximum Gasteiger partial charge on any atom is 0.323 e. The predicted octanol–water partition coefficient (Wildman–Crippen LogP) is 0.729. The number of fused-ring (bicyclic) bond motifs is 3. The lowest BCUT2D eigenvalue weighted by molar-refractivity contribution is -0.152. The number of nitrogens with zero attached hydrogens (tertiary/aromatic N) is 3. The Morgan fingerprint density at radius 2 is 2.39 bits per heavy atom. The molecular weight excluding hydrogens is 234 g/mol. The maximum atomic E-state index is 11.7. The number of methoxy groups -OCH3 is 1. The van der Waals surface area contributed by atoms with Gasteiger partial charge in [0.1, 0.15) is 6.04 Å². The number of carbonyl (C=O) groups is 1. The highest BCUT2D eigenvalue weighted by Gasteiger charge is 2.45. The van der Waals surface area contributed by atoms with E-state index in [9.17, 15) is 4.79 Å². The number of aromatic nitrogens is 2. The second kappa shape index (κ2) is 4.35. The van der Waals surface area contributed by atoms with E-state index in [0.29, 0.717) is 17.6 Å². The number of rotatable bonds is 2. The van der Waals surface area contributed by atoms with Crippen LogP contribution in [0.25, 0.3) is 0 Å². The molecule has 1 aromatic heterocycles. The largest absolute Gasteiger partial charge is 0.468 e. The molecule has 4 rings (SSSR count). The Kier molecular flexibility index (Phi) is 2.81. The molecule has 18 heavy (non-hydrogen) atoms. The van der Waals surface area contributed by atoms with Gasteiger partial charge >= 0.3 is 5.97 Å². The fourth-order valence-electron chi connectivity index (χ4n) is 3.15. The van der Waals surface area contributed by atoms with Crippen molar-refractivity contribution in [3.63, 3.8) is 0 Å². The highest BCUT2D eigenvalue weighted by atomic mass is 16.5. The summed E-state index contributed by atoms with van der Waals surface area (Å²) in [6.45, 7) is 3.59. The molecule has 0 radical (unpaired) electrons. The number of piperidine rings is 3. The molecular formula is C12H17N3O3. The van der Waals surface area contributed by atoms with Crippen LogP contribution < -0.4 is 0 Å². The summed E-state index contributed by atoms with van der Waals surface area (Å²) in [5, 5.41) is 3.85. The molecule has 1 aromatic rings. The lowest BCUT2D eigenvalue weighted by atomic mass is 9.75. The summed E-state index contributed by atoms with van der Waals surface area (Å²) in [7, 11) is 1.45. The van der Waals surface area contributed by atoms with E-state index in [1.165, 1.54) is 7.11 Å². The average Bonchev–Trinajstić information content (AvgIpc) is 2.84. The molecule has 3 aliphatic rings. The Morgan fingerprint density at radius 3 is 2.94 bits per heavy atom. The molecule has 6 nitrogen and oxygen atoms in total. The van der Waals surface area contributed by atoms with Gasteiger partial charge in [-0.15, -0.1) is 0 Å². The van der Waals surface area contributed by atoms with Crippen molar-refractivity contribution in [2.75, 3.05) is 20.2 Å². The van der Waals surface area contributed by atoms with Crippen LogP contribution in [0, 0.1) is 12.8 Å². The van der Waals surface area contributed by atoms with Crippen LogP contribution in [0.15, 0.2) is 4.52 Å². The third-order valence-corrected chi connectivity index (χ3v) is 4.09.